The van der Waals surface area contributed by atoms with Crippen LogP contribution in [0, 0.1) is 0 Å². The molecule has 166 valence electrons. The molecule has 0 N–H and O–H groups in total. The van der Waals surface area contributed by atoms with Gasteiger partial charge in [0.25, 0.3) is 0 Å². The predicted octanol–water partition coefficient (Wildman–Crippen LogP) is 5.91. The van der Waals surface area contributed by atoms with E-state index in [2.05, 4.69) is 39.3 Å². The maximum absolute atomic E-state index is 12.4. The van der Waals surface area contributed by atoms with Gasteiger partial charge in [0.2, 0.25) is 0 Å². The van der Waals surface area contributed by atoms with Gasteiger partial charge < -0.3 is 18.6 Å². The largest absolute Gasteiger partial charge is 0.447 e. The summed E-state index contributed by atoms with van der Waals surface area (Å²) in [4.78, 5) is 24.7. The molecule has 0 bridgehead atoms. The van der Waals surface area contributed by atoms with E-state index < -0.39 is 16.5 Å². The van der Waals surface area contributed by atoms with Crippen LogP contribution in [-0.2, 0) is 9.47 Å². The smallest absolute Gasteiger partial charge is 0.401 e. The molecule has 0 radical (unpaired) electrons. The molecule has 0 aromatic rings. The summed E-state index contributed by atoms with van der Waals surface area (Å²) >= 11 is 0. The number of amides is 2. The molecular formula is C20H44N2O4Si2. The fourth-order valence-corrected chi connectivity index (χ4v) is 5.68. The molecule has 0 aliphatic carbocycles. The number of rotatable bonds is 11. The Morgan fingerprint density at radius 3 is 1.14 bits per heavy atom. The van der Waals surface area contributed by atoms with Gasteiger partial charge in [0.05, 0.1) is 12.2 Å². The lowest BCUT2D eigenvalue weighted by atomic mass is 10.2. The predicted molar refractivity (Wildman–Crippen MR) is 122 cm³/mol. The van der Waals surface area contributed by atoms with Crippen LogP contribution >= 0.6 is 0 Å². The summed E-state index contributed by atoms with van der Waals surface area (Å²) in [5, 5.41) is 0. The summed E-state index contributed by atoms with van der Waals surface area (Å²) in [5.41, 5.74) is 0. The zero-order valence-electron chi connectivity index (χ0n) is 19.9. The lowest BCUT2D eigenvalue weighted by Gasteiger charge is -2.34. The molecule has 6 nitrogen and oxygen atoms in total. The minimum absolute atomic E-state index is 0.0931. The summed E-state index contributed by atoms with van der Waals surface area (Å²) in [7, 11) is -3.53. The van der Waals surface area contributed by atoms with E-state index in [1.807, 2.05) is 36.8 Å². The molecule has 0 aromatic heterocycles. The Morgan fingerprint density at radius 2 is 0.929 bits per heavy atom. The molecule has 0 aliphatic rings. The monoisotopic (exact) mass is 432 g/mol. The Morgan fingerprint density at radius 1 is 0.643 bits per heavy atom. The Bertz CT molecular complexity index is 442. The minimum Gasteiger partial charge on any atom is -0.447 e. The van der Waals surface area contributed by atoms with Crippen LogP contribution in [-0.4, -0.2) is 63.1 Å². The van der Waals surface area contributed by atoms with Gasteiger partial charge in [-0.1, -0.05) is 52.1 Å². The number of carbonyl (C=O) groups excluding carboxylic acids is 2. The molecule has 0 spiro atoms. The van der Waals surface area contributed by atoms with Crippen molar-refractivity contribution < 1.29 is 19.1 Å². The molecule has 0 unspecified atom stereocenters. The second-order valence-corrected chi connectivity index (χ2v) is 19.7. The zero-order chi connectivity index (χ0) is 22.1. The van der Waals surface area contributed by atoms with Gasteiger partial charge in [-0.3, -0.25) is 0 Å². The molecule has 0 heterocycles. The third-order valence-corrected chi connectivity index (χ3v) is 8.30. The molecule has 28 heavy (non-hydrogen) atoms. The Labute approximate surface area is 175 Å². The molecule has 2 amide bonds. The first-order valence-electron chi connectivity index (χ1n) is 10.6. The highest BCUT2D eigenvalue weighted by Gasteiger charge is 2.31. The lowest BCUT2D eigenvalue weighted by molar-refractivity contribution is 0.0925. The number of hydrogen-bond acceptors (Lipinski definition) is 4. The van der Waals surface area contributed by atoms with Crippen LogP contribution in [0.4, 0.5) is 9.59 Å². The van der Waals surface area contributed by atoms with E-state index in [0.717, 1.165) is 38.8 Å². The fourth-order valence-electron chi connectivity index (χ4n) is 2.83. The van der Waals surface area contributed by atoms with Crippen molar-refractivity contribution >= 4 is 28.7 Å². The average molecular weight is 433 g/mol. The van der Waals surface area contributed by atoms with E-state index in [1.54, 1.807) is 0 Å². The van der Waals surface area contributed by atoms with Crippen molar-refractivity contribution in [2.45, 2.75) is 105 Å². The summed E-state index contributed by atoms with van der Waals surface area (Å²) in [6, 6.07) is 0. The van der Waals surface area contributed by atoms with E-state index in [0.29, 0.717) is 0 Å². The second kappa shape index (κ2) is 11.8. The van der Waals surface area contributed by atoms with E-state index in [9.17, 15) is 9.59 Å². The fraction of sp³-hybridized carbons (Fsp3) is 0.900. The van der Waals surface area contributed by atoms with Gasteiger partial charge in [0.15, 0.2) is 16.5 Å². The normalized spacial score (nSPS) is 12.3. The first-order chi connectivity index (χ1) is 12.7. The number of ether oxygens (including phenoxy) is 2. The first kappa shape index (κ1) is 27.0. The van der Waals surface area contributed by atoms with E-state index >= 15 is 0 Å². The van der Waals surface area contributed by atoms with Gasteiger partial charge in [-0.15, -0.1) is 0 Å². The van der Waals surface area contributed by atoms with Crippen LogP contribution < -0.4 is 0 Å². The third-order valence-electron chi connectivity index (χ3n) is 4.25. The molecule has 0 aliphatic heterocycles. The highest BCUT2D eigenvalue weighted by atomic mass is 28.3. The van der Waals surface area contributed by atoms with Gasteiger partial charge in [0, 0.05) is 13.1 Å². The van der Waals surface area contributed by atoms with Crippen LogP contribution in [0.3, 0.4) is 0 Å². The average Bonchev–Trinajstić information content (AvgIpc) is 2.45. The first-order valence-corrected chi connectivity index (χ1v) is 17.5. The zero-order valence-corrected chi connectivity index (χ0v) is 21.9. The van der Waals surface area contributed by atoms with Crippen molar-refractivity contribution in [3.8, 4) is 0 Å². The Balaban J connectivity index is 4.47. The minimum atomic E-state index is -1.76. The van der Waals surface area contributed by atoms with Crippen molar-refractivity contribution in [1.29, 1.82) is 0 Å². The van der Waals surface area contributed by atoms with E-state index in [4.69, 9.17) is 9.47 Å². The quantitative estimate of drug-likeness (QED) is 0.301. The summed E-state index contributed by atoms with van der Waals surface area (Å²) < 4.78 is 14.7. The summed E-state index contributed by atoms with van der Waals surface area (Å²) in [6.07, 6.45) is 3.44. The van der Waals surface area contributed by atoms with E-state index in [1.165, 1.54) is 0 Å². The summed E-state index contributed by atoms with van der Waals surface area (Å²) in [5.74, 6) is 0. The van der Waals surface area contributed by atoms with Crippen LogP contribution in [0.1, 0.15) is 53.4 Å². The number of nitrogens with zero attached hydrogens (tertiary/aromatic N) is 2. The molecular weight excluding hydrogens is 388 g/mol. The third kappa shape index (κ3) is 11.1. The Kier molecular flexibility index (Phi) is 11.4. The van der Waals surface area contributed by atoms with Crippen LogP contribution in [0.2, 0.25) is 39.3 Å². The molecule has 0 aromatic carbocycles. The molecule has 0 saturated carbocycles. The van der Waals surface area contributed by atoms with Crippen molar-refractivity contribution in [2.75, 3.05) is 13.1 Å². The molecule has 0 atom stereocenters. The second-order valence-electron chi connectivity index (χ2n) is 9.92. The highest BCUT2D eigenvalue weighted by Crippen LogP contribution is 2.16. The van der Waals surface area contributed by atoms with Gasteiger partial charge in [-0.2, -0.15) is 0 Å². The maximum Gasteiger partial charge on any atom is 0.401 e. The van der Waals surface area contributed by atoms with E-state index in [-0.39, 0.29) is 24.4 Å². The van der Waals surface area contributed by atoms with Gasteiger partial charge in [0.1, 0.15) is 0 Å². The summed E-state index contributed by atoms with van der Waals surface area (Å²) in [6.45, 7) is 22.0. The number of hydrogen-bond donors (Lipinski definition) is 0. The standard InChI is InChI=1S/C20H44N2O4Si2/c1-17(2)25-19(23)21(27(5,6)7)15-13-11-12-14-16-22(28(8,9)10)20(24)26-18(3)4/h17-18H,11-16H2,1-10H3. The van der Waals surface area contributed by atoms with Crippen molar-refractivity contribution in [1.82, 2.24) is 9.13 Å². The molecule has 8 heteroatoms. The molecule has 0 saturated heterocycles. The van der Waals surface area contributed by atoms with Crippen molar-refractivity contribution in [3.63, 3.8) is 0 Å². The maximum atomic E-state index is 12.4. The molecule has 0 rings (SSSR count). The SMILES string of the molecule is CC(C)OC(=O)N(CCCCCCN(C(=O)OC(C)C)[Si](C)(C)C)[Si](C)(C)C. The van der Waals surface area contributed by atoms with Crippen molar-refractivity contribution in [2.24, 2.45) is 0 Å². The number of unbranched alkanes of at least 4 members (excludes halogenated alkanes) is 3. The number of carbonyl (C=O) groups is 2. The van der Waals surface area contributed by atoms with Gasteiger partial charge in [-0.05, 0) is 40.5 Å². The highest BCUT2D eigenvalue weighted by molar-refractivity contribution is 6.75. The lowest BCUT2D eigenvalue weighted by Crippen LogP contribution is -2.51. The van der Waals surface area contributed by atoms with Crippen LogP contribution in [0.15, 0.2) is 0 Å². The van der Waals surface area contributed by atoms with Crippen molar-refractivity contribution in [3.05, 3.63) is 0 Å². The van der Waals surface area contributed by atoms with Gasteiger partial charge in [-0.25, -0.2) is 9.59 Å². The van der Waals surface area contributed by atoms with Crippen LogP contribution in [0.5, 0.6) is 0 Å². The molecule has 0 fully saturated rings. The topological polar surface area (TPSA) is 59.1 Å². The van der Waals surface area contributed by atoms with Crippen LogP contribution in [0.25, 0.3) is 0 Å². The van der Waals surface area contributed by atoms with Gasteiger partial charge >= 0.3 is 12.2 Å². The Hall–Kier alpha value is -1.03.